The van der Waals surface area contributed by atoms with Gasteiger partial charge in [0.05, 0.1) is 72.2 Å². The molecule has 0 fully saturated rings. The number of aromatic nitrogens is 1. The van der Waals surface area contributed by atoms with E-state index in [1.165, 1.54) is 12.0 Å². The van der Waals surface area contributed by atoms with Crippen LogP contribution in [0.5, 0.6) is 17.2 Å². The van der Waals surface area contributed by atoms with E-state index in [2.05, 4.69) is 18.7 Å². The van der Waals surface area contributed by atoms with Gasteiger partial charge in [0, 0.05) is 10.8 Å². The standard InChI is InChI=1S/C21H26N2O5.ClH/c1-22(2)9-10-23-16-11-13(21(24)28-6)7-8-14(16)15-12-17(25-3)19(26-4)20(27-5)18(15)23;/h7-8,11-12H,9-10H2,1-6H3;1H. The molecule has 0 aliphatic heterocycles. The molecule has 0 unspecified atom stereocenters. The molecule has 0 bridgehead atoms. The largest absolute Gasteiger partial charge is 1.00 e. The second kappa shape index (κ2) is 9.24. The van der Waals surface area contributed by atoms with Crippen molar-refractivity contribution >= 4 is 27.8 Å². The number of likely N-dealkylation sites (N-methyl/N-ethyl adjacent to an activating group) is 1. The number of benzene rings is 2. The number of halogens is 1. The summed E-state index contributed by atoms with van der Waals surface area (Å²) in [5, 5.41) is 1.99. The highest BCUT2D eigenvalue weighted by Gasteiger charge is 2.23. The van der Waals surface area contributed by atoms with E-state index in [-0.39, 0.29) is 18.4 Å². The number of carbonyl (C=O) groups excluding carboxylic acids is 1. The van der Waals surface area contributed by atoms with Crippen LogP contribution in [0.1, 0.15) is 10.4 Å². The Kier molecular flexibility index (Phi) is 7.21. The number of methoxy groups -OCH3 is 4. The molecule has 0 saturated heterocycles. The molecule has 1 N–H and O–H groups in total. The Bertz CT molecular complexity index is 1030. The predicted molar refractivity (Wildman–Crippen MR) is 108 cm³/mol. The number of quaternary nitrogens is 1. The average Bonchev–Trinajstić information content (AvgIpc) is 3.02. The van der Waals surface area contributed by atoms with Gasteiger partial charge >= 0.3 is 5.97 Å². The number of fused-ring (bicyclic) bond motifs is 3. The molecule has 0 aliphatic carbocycles. The maximum absolute atomic E-state index is 12.1. The van der Waals surface area contributed by atoms with Gasteiger partial charge in [-0.15, -0.1) is 0 Å². The summed E-state index contributed by atoms with van der Waals surface area (Å²) in [5.74, 6) is 1.40. The third kappa shape index (κ3) is 3.93. The molecule has 2 aromatic carbocycles. The Balaban J connectivity index is 0.00000300. The van der Waals surface area contributed by atoms with E-state index in [0.717, 1.165) is 34.9 Å². The fourth-order valence-corrected chi connectivity index (χ4v) is 3.53. The molecule has 3 aromatic rings. The van der Waals surface area contributed by atoms with Crippen LogP contribution in [-0.4, -0.2) is 59.6 Å². The van der Waals surface area contributed by atoms with Crippen LogP contribution in [0.25, 0.3) is 21.8 Å². The van der Waals surface area contributed by atoms with E-state index < -0.39 is 0 Å². The highest BCUT2D eigenvalue weighted by atomic mass is 35.5. The molecular weight excluding hydrogens is 396 g/mol. The Morgan fingerprint density at radius 3 is 2.21 bits per heavy atom. The van der Waals surface area contributed by atoms with Gasteiger partial charge in [-0.05, 0) is 18.2 Å². The van der Waals surface area contributed by atoms with Crippen LogP contribution in [0.15, 0.2) is 24.3 Å². The third-order valence-electron chi connectivity index (χ3n) is 4.91. The number of nitrogens with zero attached hydrogens (tertiary/aromatic N) is 1. The summed E-state index contributed by atoms with van der Waals surface area (Å²) in [5.41, 5.74) is 2.36. The van der Waals surface area contributed by atoms with E-state index in [1.807, 2.05) is 18.2 Å². The SMILES string of the molecule is COC(=O)c1ccc2c3cc(OC)c(OC)c(OC)c3n(CC[NH+](C)C)c2c1.[Cl-]. The zero-order valence-corrected chi connectivity index (χ0v) is 18.3. The quantitative estimate of drug-likeness (QED) is 0.482. The molecule has 158 valence electrons. The van der Waals surface area contributed by atoms with E-state index in [9.17, 15) is 4.79 Å². The van der Waals surface area contributed by atoms with Gasteiger partial charge in [0.1, 0.15) is 0 Å². The number of rotatable bonds is 7. The highest BCUT2D eigenvalue weighted by molar-refractivity contribution is 6.13. The van der Waals surface area contributed by atoms with Crippen LogP contribution in [0.4, 0.5) is 0 Å². The molecule has 0 spiro atoms. The van der Waals surface area contributed by atoms with Crippen molar-refractivity contribution < 1.29 is 41.0 Å². The molecule has 1 heterocycles. The lowest BCUT2D eigenvalue weighted by Crippen LogP contribution is -3.06. The molecule has 8 heteroatoms. The van der Waals surface area contributed by atoms with Gasteiger partial charge in [-0.1, -0.05) is 6.07 Å². The molecule has 1 aromatic heterocycles. The summed E-state index contributed by atoms with van der Waals surface area (Å²) in [6.45, 7) is 1.65. The molecule has 0 aliphatic rings. The predicted octanol–water partition coefficient (Wildman–Crippen LogP) is -1.24. The lowest BCUT2D eigenvalue weighted by molar-refractivity contribution is -0.858. The van der Waals surface area contributed by atoms with Crippen molar-refractivity contribution in [3.05, 3.63) is 29.8 Å². The highest BCUT2D eigenvalue weighted by Crippen LogP contribution is 2.46. The minimum atomic E-state index is -0.362. The lowest BCUT2D eigenvalue weighted by atomic mass is 10.1. The molecule has 0 amide bonds. The van der Waals surface area contributed by atoms with Gasteiger partial charge in [0.25, 0.3) is 0 Å². The molecule has 0 saturated carbocycles. The first-order chi connectivity index (χ1) is 13.5. The Morgan fingerprint density at radius 2 is 1.66 bits per heavy atom. The topological polar surface area (TPSA) is 63.4 Å². The minimum absolute atomic E-state index is 0. The van der Waals surface area contributed by atoms with Gasteiger partial charge in [0.15, 0.2) is 11.5 Å². The zero-order chi connectivity index (χ0) is 20.4. The second-order valence-corrected chi connectivity index (χ2v) is 6.87. The van der Waals surface area contributed by atoms with Crippen LogP contribution in [0, 0.1) is 0 Å². The fraction of sp³-hybridized carbons (Fsp3) is 0.381. The number of ether oxygens (including phenoxy) is 4. The Labute approximate surface area is 176 Å². The van der Waals surface area contributed by atoms with Crippen LogP contribution in [0.3, 0.4) is 0 Å². The van der Waals surface area contributed by atoms with Crippen molar-refractivity contribution in [2.24, 2.45) is 0 Å². The van der Waals surface area contributed by atoms with Crippen molar-refractivity contribution in [1.82, 2.24) is 4.57 Å². The van der Waals surface area contributed by atoms with Gasteiger partial charge < -0.3 is 40.8 Å². The minimum Gasteiger partial charge on any atom is -1.00 e. The summed E-state index contributed by atoms with van der Waals surface area (Å²) >= 11 is 0. The fourth-order valence-electron chi connectivity index (χ4n) is 3.53. The van der Waals surface area contributed by atoms with Crippen molar-refractivity contribution in [2.75, 3.05) is 49.1 Å². The first-order valence-corrected chi connectivity index (χ1v) is 9.09. The van der Waals surface area contributed by atoms with E-state index in [4.69, 9.17) is 18.9 Å². The van der Waals surface area contributed by atoms with Crippen molar-refractivity contribution in [1.29, 1.82) is 0 Å². The van der Waals surface area contributed by atoms with Gasteiger partial charge in [-0.2, -0.15) is 0 Å². The number of nitrogens with one attached hydrogen (secondary N) is 1. The molecule has 0 atom stereocenters. The summed E-state index contributed by atoms with van der Waals surface area (Å²) in [6, 6.07) is 7.53. The zero-order valence-electron chi connectivity index (χ0n) is 17.6. The number of hydrogen-bond donors (Lipinski definition) is 1. The van der Waals surface area contributed by atoms with Gasteiger partial charge in [-0.25, -0.2) is 4.79 Å². The summed E-state index contributed by atoms with van der Waals surface area (Å²) < 4.78 is 23.9. The molecule has 3 rings (SSSR count). The number of carbonyl (C=O) groups is 1. The third-order valence-corrected chi connectivity index (χ3v) is 4.91. The van der Waals surface area contributed by atoms with Gasteiger partial charge in [-0.3, -0.25) is 0 Å². The van der Waals surface area contributed by atoms with Crippen molar-refractivity contribution in [2.45, 2.75) is 6.54 Å². The molecule has 7 nitrogen and oxygen atoms in total. The maximum atomic E-state index is 12.1. The van der Waals surface area contributed by atoms with Crippen LogP contribution < -0.4 is 31.5 Å². The summed E-state index contributed by atoms with van der Waals surface area (Å²) in [7, 11) is 10.4. The van der Waals surface area contributed by atoms with E-state index in [1.54, 1.807) is 27.4 Å². The Morgan fingerprint density at radius 1 is 0.966 bits per heavy atom. The van der Waals surface area contributed by atoms with Crippen LogP contribution in [-0.2, 0) is 11.3 Å². The van der Waals surface area contributed by atoms with Gasteiger partial charge in [0.2, 0.25) is 5.75 Å². The molecule has 0 radical (unpaired) electrons. The maximum Gasteiger partial charge on any atom is 0.337 e. The molecule has 29 heavy (non-hydrogen) atoms. The molecular formula is C21H27ClN2O5. The summed E-state index contributed by atoms with van der Waals surface area (Å²) in [4.78, 5) is 13.4. The first-order valence-electron chi connectivity index (χ1n) is 9.09. The second-order valence-electron chi connectivity index (χ2n) is 6.87. The van der Waals surface area contributed by atoms with Crippen molar-refractivity contribution in [3.8, 4) is 17.2 Å². The van der Waals surface area contributed by atoms with Crippen LogP contribution in [0.2, 0.25) is 0 Å². The Hall–Kier alpha value is -2.64. The van der Waals surface area contributed by atoms with E-state index >= 15 is 0 Å². The monoisotopic (exact) mass is 422 g/mol. The normalized spacial score (nSPS) is 10.9. The average molecular weight is 423 g/mol. The van der Waals surface area contributed by atoms with Crippen LogP contribution >= 0.6 is 0 Å². The summed E-state index contributed by atoms with van der Waals surface area (Å²) in [6.07, 6.45) is 0. The van der Waals surface area contributed by atoms with Crippen molar-refractivity contribution in [3.63, 3.8) is 0 Å². The van der Waals surface area contributed by atoms with E-state index in [0.29, 0.717) is 22.8 Å². The first kappa shape index (κ1) is 22.6. The smallest absolute Gasteiger partial charge is 0.337 e. The lowest BCUT2D eigenvalue weighted by Gasteiger charge is -2.16. The number of esters is 1. The number of hydrogen-bond acceptors (Lipinski definition) is 5.